The van der Waals surface area contributed by atoms with Crippen LogP contribution in [0.1, 0.15) is 24.3 Å². The maximum Gasteiger partial charge on any atom is 0.175 e. The topological polar surface area (TPSA) is 30.5 Å². The molecular formula is C13H17BrClNO2. The summed E-state index contributed by atoms with van der Waals surface area (Å²) in [5, 5.41) is 4.10. The molecule has 0 bridgehead atoms. The van der Waals surface area contributed by atoms with E-state index in [2.05, 4.69) is 21.2 Å². The third-order valence-electron chi connectivity index (χ3n) is 3.33. The van der Waals surface area contributed by atoms with Gasteiger partial charge in [0.05, 0.1) is 18.7 Å². The fourth-order valence-corrected chi connectivity index (χ4v) is 3.53. The molecule has 18 heavy (non-hydrogen) atoms. The van der Waals surface area contributed by atoms with Crippen LogP contribution in [-0.4, -0.2) is 27.3 Å². The van der Waals surface area contributed by atoms with E-state index in [1.807, 2.05) is 6.07 Å². The molecule has 1 aliphatic rings. The minimum Gasteiger partial charge on any atom is -0.492 e. The van der Waals surface area contributed by atoms with Gasteiger partial charge in [-0.05, 0) is 53.8 Å². The average Bonchev–Trinajstić information content (AvgIpc) is 2.38. The summed E-state index contributed by atoms with van der Waals surface area (Å²) in [5.41, 5.74) is 1.07. The minimum absolute atomic E-state index is 0.427. The molecule has 1 heterocycles. The lowest BCUT2D eigenvalue weighted by atomic mass is 9.89. The maximum atomic E-state index is 6.39. The summed E-state index contributed by atoms with van der Waals surface area (Å²) in [6.45, 7) is 2.03. The number of methoxy groups -OCH3 is 2. The molecule has 1 fully saturated rings. The summed E-state index contributed by atoms with van der Waals surface area (Å²) >= 11 is 9.85. The molecule has 2 rings (SSSR count). The lowest BCUT2D eigenvalue weighted by Crippen LogP contribution is -2.27. The highest BCUT2D eigenvalue weighted by atomic mass is 79.9. The Bertz CT molecular complexity index is 433. The van der Waals surface area contributed by atoms with Crippen LogP contribution < -0.4 is 14.8 Å². The van der Waals surface area contributed by atoms with Crippen molar-refractivity contribution in [3.8, 4) is 11.5 Å². The van der Waals surface area contributed by atoms with Crippen molar-refractivity contribution in [3.63, 3.8) is 0 Å². The minimum atomic E-state index is 0.427. The second-order valence-corrected chi connectivity index (χ2v) is 5.61. The van der Waals surface area contributed by atoms with E-state index in [0.29, 0.717) is 5.92 Å². The second-order valence-electron chi connectivity index (χ2n) is 4.34. The van der Waals surface area contributed by atoms with E-state index >= 15 is 0 Å². The molecule has 0 saturated carbocycles. The summed E-state index contributed by atoms with van der Waals surface area (Å²) in [6.07, 6.45) is 2.14. The Labute approximate surface area is 121 Å². The smallest absolute Gasteiger partial charge is 0.175 e. The van der Waals surface area contributed by atoms with E-state index < -0.39 is 0 Å². The zero-order chi connectivity index (χ0) is 13.1. The Balaban J connectivity index is 2.49. The molecule has 1 aromatic carbocycles. The zero-order valence-corrected chi connectivity index (χ0v) is 12.9. The standard InChI is InChI=1S/C13H17BrClNO2/c1-17-12-9(14)7-10(15)11(13(12)18-2)8-3-5-16-6-4-8/h7-8,16H,3-6H2,1-2H3. The molecule has 0 aromatic heterocycles. The average molecular weight is 335 g/mol. The van der Waals surface area contributed by atoms with Crippen LogP contribution >= 0.6 is 27.5 Å². The summed E-state index contributed by atoms with van der Waals surface area (Å²) in [4.78, 5) is 0. The van der Waals surface area contributed by atoms with E-state index in [1.165, 1.54) is 0 Å². The quantitative estimate of drug-likeness (QED) is 0.916. The number of hydrogen-bond donors (Lipinski definition) is 1. The number of benzene rings is 1. The summed E-state index contributed by atoms with van der Waals surface area (Å²) in [7, 11) is 3.30. The number of halogens is 2. The van der Waals surface area contributed by atoms with Crippen LogP contribution in [0.5, 0.6) is 11.5 Å². The van der Waals surface area contributed by atoms with Crippen molar-refractivity contribution >= 4 is 27.5 Å². The first-order valence-corrected chi connectivity index (χ1v) is 7.16. The lowest BCUT2D eigenvalue weighted by molar-refractivity contribution is 0.343. The number of piperidine rings is 1. The Hall–Kier alpha value is -0.450. The maximum absolute atomic E-state index is 6.39. The second kappa shape index (κ2) is 6.13. The molecular weight excluding hydrogens is 318 g/mol. The molecule has 0 radical (unpaired) electrons. The molecule has 0 unspecified atom stereocenters. The van der Waals surface area contributed by atoms with Gasteiger partial charge in [0, 0.05) is 10.6 Å². The first kappa shape index (κ1) is 14.0. The van der Waals surface area contributed by atoms with Gasteiger partial charge in [-0.25, -0.2) is 0 Å². The highest BCUT2D eigenvalue weighted by molar-refractivity contribution is 9.10. The van der Waals surface area contributed by atoms with E-state index in [9.17, 15) is 0 Å². The van der Waals surface area contributed by atoms with Crippen molar-refractivity contribution in [2.75, 3.05) is 27.3 Å². The van der Waals surface area contributed by atoms with Crippen molar-refractivity contribution in [2.45, 2.75) is 18.8 Å². The normalized spacial score (nSPS) is 16.7. The van der Waals surface area contributed by atoms with E-state index in [4.69, 9.17) is 21.1 Å². The molecule has 100 valence electrons. The Morgan fingerprint density at radius 2 is 1.83 bits per heavy atom. The molecule has 0 amide bonds. The van der Waals surface area contributed by atoms with Crippen LogP contribution in [0.3, 0.4) is 0 Å². The Kier molecular flexibility index (Phi) is 4.76. The van der Waals surface area contributed by atoms with Crippen molar-refractivity contribution in [2.24, 2.45) is 0 Å². The summed E-state index contributed by atoms with van der Waals surface area (Å²) in [6, 6.07) is 1.89. The number of ether oxygens (including phenoxy) is 2. The highest BCUT2D eigenvalue weighted by Crippen LogP contribution is 2.47. The van der Waals surface area contributed by atoms with Gasteiger partial charge in [-0.2, -0.15) is 0 Å². The van der Waals surface area contributed by atoms with Gasteiger partial charge in [0.2, 0.25) is 0 Å². The number of nitrogens with one attached hydrogen (secondary N) is 1. The number of rotatable bonds is 3. The lowest BCUT2D eigenvalue weighted by Gasteiger charge is -2.26. The van der Waals surface area contributed by atoms with Gasteiger partial charge in [-0.3, -0.25) is 0 Å². The van der Waals surface area contributed by atoms with Crippen molar-refractivity contribution in [3.05, 3.63) is 21.1 Å². The molecule has 0 aliphatic carbocycles. The fourth-order valence-electron chi connectivity index (χ4n) is 2.48. The van der Waals surface area contributed by atoms with Gasteiger partial charge < -0.3 is 14.8 Å². The van der Waals surface area contributed by atoms with Crippen LogP contribution in [0, 0.1) is 0 Å². The summed E-state index contributed by atoms with van der Waals surface area (Å²) < 4.78 is 11.8. The summed E-state index contributed by atoms with van der Waals surface area (Å²) in [5.74, 6) is 1.90. The molecule has 5 heteroatoms. The van der Waals surface area contributed by atoms with Crippen molar-refractivity contribution in [1.82, 2.24) is 5.32 Å². The fraction of sp³-hybridized carbons (Fsp3) is 0.538. The highest BCUT2D eigenvalue weighted by Gasteiger charge is 2.25. The van der Waals surface area contributed by atoms with Crippen LogP contribution in [0.4, 0.5) is 0 Å². The largest absolute Gasteiger partial charge is 0.492 e. The third-order valence-corrected chi connectivity index (χ3v) is 4.24. The van der Waals surface area contributed by atoms with Crippen molar-refractivity contribution < 1.29 is 9.47 Å². The van der Waals surface area contributed by atoms with Gasteiger partial charge in [0.15, 0.2) is 11.5 Å². The molecule has 0 spiro atoms. The van der Waals surface area contributed by atoms with E-state index in [1.54, 1.807) is 14.2 Å². The third kappa shape index (κ3) is 2.60. The molecule has 0 atom stereocenters. The van der Waals surface area contributed by atoms with Crippen LogP contribution in [0.15, 0.2) is 10.5 Å². The molecule has 3 nitrogen and oxygen atoms in total. The van der Waals surface area contributed by atoms with Crippen molar-refractivity contribution in [1.29, 1.82) is 0 Å². The van der Waals surface area contributed by atoms with Gasteiger partial charge in [0.1, 0.15) is 0 Å². The van der Waals surface area contributed by atoms with Gasteiger partial charge in [-0.1, -0.05) is 11.6 Å². The number of hydrogen-bond acceptors (Lipinski definition) is 3. The first-order chi connectivity index (χ1) is 8.69. The molecule has 1 aromatic rings. The van der Waals surface area contributed by atoms with Gasteiger partial charge in [-0.15, -0.1) is 0 Å². The molecule has 1 saturated heterocycles. The predicted molar refractivity (Wildman–Crippen MR) is 77.1 cm³/mol. The Morgan fingerprint density at radius 1 is 1.22 bits per heavy atom. The van der Waals surface area contributed by atoms with Crippen LogP contribution in [0.2, 0.25) is 5.02 Å². The monoisotopic (exact) mass is 333 g/mol. The predicted octanol–water partition coefficient (Wildman–Crippen LogP) is 3.59. The van der Waals surface area contributed by atoms with Crippen LogP contribution in [0.25, 0.3) is 0 Å². The van der Waals surface area contributed by atoms with Gasteiger partial charge in [0.25, 0.3) is 0 Å². The SMILES string of the molecule is COc1c(Br)cc(Cl)c(C2CCNCC2)c1OC. The Morgan fingerprint density at radius 3 is 2.39 bits per heavy atom. The first-order valence-electron chi connectivity index (χ1n) is 5.99. The molecule has 1 aliphatic heterocycles. The van der Waals surface area contributed by atoms with E-state index in [-0.39, 0.29) is 0 Å². The van der Waals surface area contributed by atoms with Crippen LogP contribution in [-0.2, 0) is 0 Å². The van der Waals surface area contributed by atoms with E-state index in [0.717, 1.165) is 52.5 Å². The van der Waals surface area contributed by atoms with Gasteiger partial charge >= 0.3 is 0 Å². The zero-order valence-electron chi connectivity index (χ0n) is 10.6. The molecule has 1 N–H and O–H groups in total.